The molecule has 0 aliphatic rings. The maximum atomic E-state index is 12.8. The summed E-state index contributed by atoms with van der Waals surface area (Å²) in [5.74, 6) is -0.748. The van der Waals surface area contributed by atoms with Crippen LogP contribution in [0.4, 0.5) is 4.39 Å². The van der Waals surface area contributed by atoms with Crippen molar-refractivity contribution in [1.29, 1.82) is 0 Å². The zero-order valence-corrected chi connectivity index (χ0v) is 10.6. The Bertz CT molecular complexity index is 789. The van der Waals surface area contributed by atoms with Crippen molar-refractivity contribution in [2.75, 3.05) is 0 Å². The summed E-state index contributed by atoms with van der Waals surface area (Å²) in [4.78, 5) is 13.7. The second-order valence-electron chi connectivity index (χ2n) is 4.71. The van der Waals surface area contributed by atoms with E-state index in [-0.39, 0.29) is 11.9 Å². The molecule has 2 aromatic carbocycles. The van der Waals surface area contributed by atoms with E-state index >= 15 is 0 Å². The fourth-order valence-electron chi connectivity index (χ4n) is 2.18. The van der Waals surface area contributed by atoms with Crippen LogP contribution in [0.5, 0.6) is 0 Å². The zero-order valence-electron chi connectivity index (χ0n) is 10.6. The highest BCUT2D eigenvalue weighted by Gasteiger charge is 2.10. The van der Waals surface area contributed by atoms with Gasteiger partial charge in [0.15, 0.2) is 5.58 Å². The number of nitrogens with one attached hydrogen (secondary N) is 1. The smallest absolute Gasteiger partial charge is 0.408 e. The molecule has 3 aromatic rings. The van der Waals surface area contributed by atoms with Gasteiger partial charge in [0, 0.05) is 6.04 Å². The first-order valence-corrected chi connectivity index (χ1v) is 6.24. The highest BCUT2D eigenvalue weighted by molar-refractivity contribution is 5.72. The van der Waals surface area contributed by atoms with Gasteiger partial charge in [0.05, 0.1) is 5.52 Å². The first-order chi connectivity index (χ1) is 9.61. The van der Waals surface area contributed by atoms with Gasteiger partial charge in [-0.25, -0.2) is 9.18 Å². The van der Waals surface area contributed by atoms with Crippen LogP contribution >= 0.6 is 0 Å². The van der Waals surface area contributed by atoms with E-state index in [0.717, 1.165) is 11.1 Å². The average molecular weight is 272 g/mol. The second kappa shape index (κ2) is 4.94. The predicted octanol–water partition coefficient (Wildman–Crippen LogP) is 2.50. The van der Waals surface area contributed by atoms with Crippen molar-refractivity contribution in [1.82, 2.24) is 4.98 Å². The Morgan fingerprint density at radius 1 is 1.20 bits per heavy atom. The minimum absolute atomic E-state index is 0.245. The summed E-state index contributed by atoms with van der Waals surface area (Å²) in [6.07, 6.45) is 0.584. The number of rotatable bonds is 3. The number of hydrogen-bond donors (Lipinski definition) is 2. The molecule has 0 saturated carbocycles. The van der Waals surface area contributed by atoms with Crippen LogP contribution in [0.3, 0.4) is 0 Å². The van der Waals surface area contributed by atoms with Gasteiger partial charge in [-0.3, -0.25) is 4.98 Å². The number of hydrogen-bond acceptors (Lipinski definition) is 3. The molecular formula is C15H13FN2O2. The molecule has 3 N–H and O–H groups in total. The summed E-state index contributed by atoms with van der Waals surface area (Å²) in [5.41, 5.74) is 9.09. The summed E-state index contributed by atoms with van der Waals surface area (Å²) in [5, 5.41) is 0. The molecular weight excluding hydrogens is 259 g/mol. The third kappa shape index (κ3) is 2.48. The molecule has 1 atom stereocenters. The predicted molar refractivity (Wildman–Crippen MR) is 73.9 cm³/mol. The van der Waals surface area contributed by atoms with Gasteiger partial charge in [-0.1, -0.05) is 18.2 Å². The van der Waals surface area contributed by atoms with Gasteiger partial charge in [-0.05, 0) is 41.8 Å². The van der Waals surface area contributed by atoms with Crippen molar-refractivity contribution in [2.45, 2.75) is 12.5 Å². The van der Waals surface area contributed by atoms with Crippen LogP contribution in [0, 0.1) is 5.82 Å². The van der Waals surface area contributed by atoms with Gasteiger partial charge in [0.25, 0.3) is 0 Å². The number of aromatic nitrogens is 1. The van der Waals surface area contributed by atoms with Crippen LogP contribution in [0.2, 0.25) is 0 Å². The third-order valence-corrected chi connectivity index (χ3v) is 3.24. The minimum atomic E-state index is -0.482. The number of fused-ring (bicyclic) bond motifs is 1. The highest BCUT2D eigenvalue weighted by atomic mass is 19.1. The summed E-state index contributed by atoms with van der Waals surface area (Å²) >= 11 is 0. The van der Waals surface area contributed by atoms with E-state index in [9.17, 15) is 9.18 Å². The molecule has 20 heavy (non-hydrogen) atoms. The van der Waals surface area contributed by atoms with Gasteiger partial charge in [-0.15, -0.1) is 0 Å². The second-order valence-corrected chi connectivity index (χ2v) is 4.71. The normalized spacial score (nSPS) is 12.7. The number of oxazole rings is 1. The van der Waals surface area contributed by atoms with Crippen LogP contribution in [-0.4, -0.2) is 4.98 Å². The molecule has 0 amide bonds. The largest absolute Gasteiger partial charge is 0.417 e. The SMILES string of the molecule is NC(Cc1ccc(F)cc1)c1ccc2[nH]c(=O)oc2c1. The monoisotopic (exact) mass is 272 g/mol. The van der Waals surface area contributed by atoms with E-state index in [2.05, 4.69) is 4.98 Å². The molecule has 4 nitrogen and oxygen atoms in total. The maximum Gasteiger partial charge on any atom is 0.417 e. The molecule has 3 rings (SSSR count). The summed E-state index contributed by atoms with van der Waals surface area (Å²) < 4.78 is 17.9. The summed E-state index contributed by atoms with van der Waals surface area (Å²) in [6.45, 7) is 0. The van der Waals surface area contributed by atoms with Crippen molar-refractivity contribution >= 4 is 11.1 Å². The average Bonchev–Trinajstić information content (AvgIpc) is 2.80. The van der Waals surface area contributed by atoms with E-state index in [1.54, 1.807) is 24.3 Å². The van der Waals surface area contributed by atoms with E-state index in [0.29, 0.717) is 17.5 Å². The number of benzene rings is 2. The molecule has 102 valence electrons. The van der Waals surface area contributed by atoms with Gasteiger partial charge in [0.1, 0.15) is 5.82 Å². The Labute approximate surface area is 114 Å². The molecule has 0 aliphatic carbocycles. The third-order valence-electron chi connectivity index (χ3n) is 3.24. The van der Waals surface area contributed by atoms with Crippen LogP contribution in [0.1, 0.15) is 17.2 Å². The number of H-pyrrole nitrogens is 1. The molecule has 0 saturated heterocycles. The van der Waals surface area contributed by atoms with Crippen molar-refractivity contribution in [3.8, 4) is 0 Å². The first-order valence-electron chi connectivity index (χ1n) is 6.24. The van der Waals surface area contributed by atoms with Crippen molar-refractivity contribution in [3.05, 3.63) is 70.0 Å². The van der Waals surface area contributed by atoms with Crippen LogP contribution in [0.15, 0.2) is 51.7 Å². The molecule has 1 heterocycles. The fraction of sp³-hybridized carbons (Fsp3) is 0.133. The topological polar surface area (TPSA) is 72.0 Å². The van der Waals surface area contributed by atoms with Crippen LogP contribution in [-0.2, 0) is 6.42 Å². The summed E-state index contributed by atoms with van der Waals surface area (Å²) in [7, 11) is 0. The Hall–Kier alpha value is -2.40. The molecule has 5 heteroatoms. The van der Waals surface area contributed by atoms with Crippen LogP contribution in [0.25, 0.3) is 11.1 Å². The number of aromatic amines is 1. The van der Waals surface area contributed by atoms with E-state index < -0.39 is 5.76 Å². The maximum absolute atomic E-state index is 12.8. The Balaban J connectivity index is 1.85. The molecule has 0 radical (unpaired) electrons. The van der Waals surface area contributed by atoms with E-state index in [1.807, 2.05) is 6.07 Å². The number of halogens is 1. The van der Waals surface area contributed by atoms with Gasteiger partial charge in [-0.2, -0.15) is 0 Å². The molecule has 1 unspecified atom stereocenters. The lowest BCUT2D eigenvalue weighted by atomic mass is 9.99. The summed E-state index contributed by atoms with van der Waals surface area (Å²) in [6, 6.07) is 11.4. The quantitative estimate of drug-likeness (QED) is 0.769. The Morgan fingerprint density at radius 2 is 1.95 bits per heavy atom. The Kier molecular flexibility index (Phi) is 3.12. The van der Waals surface area contributed by atoms with Gasteiger partial charge >= 0.3 is 5.76 Å². The van der Waals surface area contributed by atoms with Crippen molar-refractivity contribution in [3.63, 3.8) is 0 Å². The highest BCUT2D eigenvalue weighted by Crippen LogP contribution is 2.20. The lowest BCUT2D eigenvalue weighted by Gasteiger charge is -2.12. The van der Waals surface area contributed by atoms with Crippen molar-refractivity contribution in [2.24, 2.45) is 5.73 Å². The minimum Gasteiger partial charge on any atom is -0.408 e. The molecule has 0 bridgehead atoms. The Morgan fingerprint density at radius 3 is 2.70 bits per heavy atom. The van der Waals surface area contributed by atoms with Gasteiger partial charge < -0.3 is 10.2 Å². The van der Waals surface area contributed by atoms with Crippen molar-refractivity contribution < 1.29 is 8.81 Å². The van der Waals surface area contributed by atoms with Crippen LogP contribution < -0.4 is 11.5 Å². The van der Waals surface area contributed by atoms with E-state index in [1.165, 1.54) is 12.1 Å². The molecule has 0 spiro atoms. The van der Waals surface area contributed by atoms with Gasteiger partial charge in [0.2, 0.25) is 0 Å². The number of nitrogens with two attached hydrogens (primary N) is 1. The first kappa shape index (κ1) is 12.6. The zero-order chi connectivity index (χ0) is 14.1. The standard InChI is InChI=1S/C15H13FN2O2/c16-11-4-1-9(2-5-11)7-12(17)10-3-6-13-14(8-10)20-15(19)18-13/h1-6,8,12H,7,17H2,(H,18,19). The lowest BCUT2D eigenvalue weighted by Crippen LogP contribution is -2.13. The van der Waals surface area contributed by atoms with E-state index in [4.69, 9.17) is 10.2 Å². The fourth-order valence-corrected chi connectivity index (χ4v) is 2.18. The lowest BCUT2D eigenvalue weighted by molar-refractivity contribution is 0.554. The molecule has 0 aliphatic heterocycles. The molecule has 1 aromatic heterocycles. The molecule has 0 fully saturated rings.